The summed E-state index contributed by atoms with van der Waals surface area (Å²) in [4.78, 5) is 11.9. The summed E-state index contributed by atoms with van der Waals surface area (Å²) in [6, 6.07) is 0.662. The highest BCUT2D eigenvalue weighted by Gasteiger charge is 2.34. The molecule has 1 heterocycles. The molecule has 2 N–H and O–H groups in total. The van der Waals surface area contributed by atoms with Gasteiger partial charge in [-0.3, -0.25) is 0 Å². The van der Waals surface area contributed by atoms with E-state index in [9.17, 15) is 4.79 Å². The van der Waals surface area contributed by atoms with Gasteiger partial charge in [0.2, 0.25) is 0 Å². The Morgan fingerprint density at radius 2 is 1.84 bits per heavy atom. The van der Waals surface area contributed by atoms with Crippen LogP contribution in [-0.4, -0.2) is 30.3 Å². The van der Waals surface area contributed by atoms with Crippen molar-refractivity contribution in [3.8, 4) is 0 Å². The van der Waals surface area contributed by atoms with E-state index in [1.807, 2.05) is 20.8 Å². The number of hydrogen-bond acceptors (Lipinski definition) is 3. The minimum Gasteiger partial charge on any atom is -0.444 e. The van der Waals surface area contributed by atoms with Gasteiger partial charge in [0.15, 0.2) is 0 Å². The molecule has 2 fully saturated rings. The number of piperidine rings is 1. The first-order valence-corrected chi connectivity index (χ1v) is 7.68. The number of carbonyl (C=O) groups is 1. The average molecular weight is 268 g/mol. The zero-order valence-corrected chi connectivity index (χ0v) is 12.5. The van der Waals surface area contributed by atoms with Crippen LogP contribution in [0.4, 0.5) is 4.79 Å². The Hall–Kier alpha value is -0.770. The molecular formula is C15H28N2O2. The van der Waals surface area contributed by atoms with Crippen LogP contribution in [0.25, 0.3) is 0 Å². The zero-order valence-electron chi connectivity index (χ0n) is 12.5. The fourth-order valence-electron chi connectivity index (χ4n) is 3.35. The third-order valence-electron chi connectivity index (χ3n) is 4.12. The van der Waals surface area contributed by atoms with E-state index in [4.69, 9.17) is 4.74 Å². The molecule has 110 valence electrons. The Morgan fingerprint density at radius 3 is 2.47 bits per heavy atom. The molecule has 0 bridgehead atoms. The van der Waals surface area contributed by atoms with Crippen molar-refractivity contribution in [1.82, 2.24) is 10.6 Å². The van der Waals surface area contributed by atoms with Gasteiger partial charge in [-0.1, -0.05) is 12.8 Å². The van der Waals surface area contributed by atoms with Gasteiger partial charge in [0, 0.05) is 12.1 Å². The molecule has 0 spiro atoms. The number of carbonyl (C=O) groups excluding carboxylic acids is 1. The molecule has 2 rings (SSSR count). The summed E-state index contributed by atoms with van der Waals surface area (Å²) in [6.07, 6.45) is 7.18. The molecule has 2 aliphatic rings. The first-order chi connectivity index (χ1) is 8.96. The highest BCUT2D eigenvalue weighted by molar-refractivity contribution is 5.68. The quantitative estimate of drug-likeness (QED) is 0.809. The van der Waals surface area contributed by atoms with Crippen molar-refractivity contribution < 1.29 is 9.53 Å². The van der Waals surface area contributed by atoms with Gasteiger partial charge >= 0.3 is 6.09 Å². The number of rotatable bonds is 2. The van der Waals surface area contributed by atoms with Crippen LogP contribution in [0.3, 0.4) is 0 Å². The lowest BCUT2D eigenvalue weighted by atomic mass is 9.87. The Bertz CT molecular complexity index is 306. The number of amides is 1. The van der Waals surface area contributed by atoms with Crippen LogP contribution in [-0.2, 0) is 4.74 Å². The van der Waals surface area contributed by atoms with E-state index in [2.05, 4.69) is 10.6 Å². The number of nitrogens with one attached hydrogen (secondary N) is 2. The molecule has 1 saturated heterocycles. The molecule has 4 nitrogen and oxygen atoms in total. The second kappa shape index (κ2) is 6.12. The van der Waals surface area contributed by atoms with Crippen molar-refractivity contribution in [2.24, 2.45) is 5.92 Å². The Kier molecular flexibility index (Phi) is 4.71. The van der Waals surface area contributed by atoms with Crippen molar-refractivity contribution in [1.29, 1.82) is 0 Å². The molecule has 1 aliphatic heterocycles. The molecule has 4 heteroatoms. The number of ether oxygens (including phenoxy) is 1. The molecule has 2 atom stereocenters. The van der Waals surface area contributed by atoms with E-state index < -0.39 is 5.60 Å². The molecular weight excluding hydrogens is 240 g/mol. The second-order valence-electron chi connectivity index (χ2n) is 6.92. The van der Waals surface area contributed by atoms with Gasteiger partial charge in [-0.2, -0.15) is 0 Å². The molecule has 1 saturated carbocycles. The van der Waals surface area contributed by atoms with Gasteiger partial charge in [-0.25, -0.2) is 4.79 Å². The highest BCUT2D eigenvalue weighted by Crippen LogP contribution is 2.31. The van der Waals surface area contributed by atoms with Crippen molar-refractivity contribution >= 4 is 6.09 Å². The Labute approximate surface area is 116 Å². The average Bonchev–Trinajstić information content (AvgIpc) is 2.80. The number of hydrogen-bond donors (Lipinski definition) is 2. The van der Waals surface area contributed by atoms with Gasteiger partial charge < -0.3 is 15.4 Å². The summed E-state index contributed by atoms with van der Waals surface area (Å²) in [5, 5.41) is 6.69. The van der Waals surface area contributed by atoms with Crippen molar-refractivity contribution in [3.63, 3.8) is 0 Å². The summed E-state index contributed by atoms with van der Waals surface area (Å²) in [5.41, 5.74) is -0.422. The molecule has 0 radical (unpaired) electrons. The van der Waals surface area contributed by atoms with E-state index in [1.165, 1.54) is 25.7 Å². The van der Waals surface area contributed by atoms with Crippen molar-refractivity contribution in [2.75, 3.05) is 6.54 Å². The lowest BCUT2D eigenvalue weighted by Gasteiger charge is -2.37. The van der Waals surface area contributed by atoms with E-state index in [0.29, 0.717) is 6.04 Å². The molecule has 0 aromatic carbocycles. The summed E-state index contributed by atoms with van der Waals surface area (Å²) in [5.74, 6) is 0.722. The summed E-state index contributed by atoms with van der Waals surface area (Å²) < 4.78 is 5.37. The Balaban J connectivity index is 1.90. The first kappa shape index (κ1) is 14.6. The molecule has 19 heavy (non-hydrogen) atoms. The minimum absolute atomic E-state index is 0.228. The van der Waals surface area contributed by atoms with Crippen LogP contribution in [0.15, 0.2) is 0 Å². The largest absolute Gasteiger partial charge is 0.444 e. The lowest BCUT2D eigenvalue weighted by molar-refractivity contribution is 0.0469. The fourth-order valence-corrected chi connectivity index (χ4v) is 3.35. The van der Waals surface area contributed by atoms with Gasteiger partial charge in [0.25, 0.3) is 0 Å². The van der Waals surface area contributed by atoms with Crippen molar-refractivity contribution in [2.45, 2.75) is 77.0 Å². The highest BCUT2D eigenvalue weighted by atomic mass is 16.6. The molecule has 2 unspecified atom stereocenters. The maximum absolute atomic E-state index is 11.9. The van der Waals surface area contributed by atoms with Gasteiger partial charge in [-0.05, 0) is 58.9 Å². The third-order valence-corrected chi connectivity index (χ3v) is 4.12. The van der Waals surface area contributed by atoms with Crippen LogP contribution in [0, 0.1) is 5.92 Å². The van der Waals surface area contributed by atoms with Crippen LogP contribution < -0.4 is 10.6 Å². The zero-order chi connectivity index (χ0) is 13.9. The molecule has 0 aromatic heterocycles. The predicted molar refractivity (Wildman–Crippen MR) is 76.1 cm³/mol. The summed E-state index contributed by atoms with van der Waals surface area (Å²) >= 11 is 0. The normalized spacial score (nSPS) is 29.2. The molecule has 0 aromatic rings. The molecule has 1 amide bonds. The smallest absolute Gasteiger partial charge is 0.407 e. The monoisotopic (exact) mass is 268 g/mol. The summed E-state index contributed by atoms with van der Waals surface area (Å²) in [6.45, 7) is 6.79. The summed E-state index contributed by atoms with van der Waals surface area (Å²) in [7, 11) is 0. The Morgan fingerprint density at radius 1 is 1.16 bits per heavy atom. The van der Waals surface area contributed by atoms with Crippen LogP contribution >= 0.6 is 0 Å². The van der Waals surface area contributed by atoms with E-state index in [-0.39, 0.29) is 12.1 Å². The van der Waals surface area contributed by atoms with Gasteiger partial charge in [-0.15, -0.1) is 0 Å². The van der Waals surface area contributed by atoms with Gasteiger partial charge in [0.1, 0.15) is 5.60 Å². The molecule has 1 aliphatic carbocycles. The van der Waals surface area contributed by atoms with Crippen LogP contribution in [0.1, 0.15) is 59.3 Å². The fraction of sp³-hybridized carbons (Fsp3) is 0.933. The predicted octanol–water partition coefficient (Wildman–Crippen LogP) is 2.82. The van der Waals surface area contributed by atoms with E-state index >= 15 is 0 Å². The van der Waals surface area contributed by atoms with E-state index in [1.54, 1.807) is 0 Å². The maximum Gasteiger partial charge on any atom is 0.407 e. The topological polar surface area (TPSA) is 50.4 Å². The van der Waals surface area contributed by atoms with Crippen molar-refractivity contribution in [3.05, 3.63) is 0 Å². The maximum atomic E-state index is 11.9. The van der Waals surface area contributed by atoms with Crippen LogP contribution in [0.2, 0.25) is 0 Å². The standard InChI is InChI=1S/C15H28N2O2/c1-15(2,3)19-14(18)17-12-9-6-10-16-13(12)11-7-4-5-8-11/h11-13,16H,4-10H2,1-3H3,(H,17,18). The second-order valence-corrected chi connectivity index (χ2v) is 6.92. The number of alkyl carbamates (subject to hydrolysis) is 1. The van der Waals surface area contributed by atoms with Crippen LogP contribution in [0.5, 0.6) is 0 Å². The first-order valence-electron chi connectivity index (χ1n) is 7.68. The SMILES string of the molecule is CC(C)(C)OC(=O)NC1CCCNC1C1CCCC1. The third kappa shape index (κ3) is 4.37. The van der Waals surface area contributed by atoms with E-state index in [0.717, 1.165) is 25.3 Å². The minimum atomic E-state index is -0.422. The lowest BCUT2D eigenvalue weighted by Crippen LogP contribution is -2.56. The van der Waals surface area contributed by atoms with Gasteiger partial charge in [0.05, 0.1) is 0 Å².